The summed E-state index contributed by atoms with van der Waals surface area (Å²) < 4.78 is 14.4. The second kappa shape index (κ2) is 3.14. The topological polar surface area (TPSA) is 43.8 Å². The minimum absolute atomic E-state index is 0.246. The molecule has 2 aromatic rings. The van der Waals surface area contributed by atoms with Gasteiger partial charge in [-0.15, -0.1) is 0 Å². The maximum absolute atomic E-state index is 12.7. The summed E-state index contributed by atoms with van der Waals surface area (Å²) in [5.74, 6) is 0.202. The van der Waals surface area contributed by atoms with Crippen LogP contribution in [0.1, 0.15) is 0 Å². The Morgan fingerprint density at radius 1 is 1.29 bits per heavy atom. The first-order chi connectivity index (χ1) is 6.68. The third-order valence-corrected chi connectivity index (χ3v) is 2.16. The van der Waals surface area contributed by atoms with Gasteiger partial charge >= 0.3 is 0 Å². The molecule has 4 heteroatoms. The molecule has 0 radical (unpaired) electrons. The fraction of sp³-hybridized carbons (Fsp3) is 0.100. The van der Waals surface area contributed by atoms with E-state index in [9.17, 15) is 4.39 Å². The Bertz CT molecular complexity index is 445. The zero-order valence-corrected chi connectivity index (χ0v) is 7.74. The van der Waals surface area contributed by atoms with E-state index in [1.165, 1.54) is 12.1 Å². The number of hydrogen-bond donors (Lipinski definition) is 1. The molecule has 0 saturated heterocycles. The number of rotatable bonds is 1. The molecule has 0 amide bonds. The number of halogens is 1. The molecule has 2 rings (SSSR count). The van der Waals surface area contributed by atoms with Crippen LogP contribution in [0.2, 0.25) is 0 Å². The molecule has 14 heavy (non-hydrogen) atoms. The van der Waals surface area contributed by atoms with Crippen LogP contribution in [-0.4, -0.2) is 9.55 Å². The van der Waals surface area contributed by atoms with Crippen LogP contribution in [0.25, 0.3) is 11.3 Å². The van der Waals surface area contributed by atoms with Gasteiger partial charge in [-0.1, -0.05) is 0 Å². The van der Waals surface area contributed by atoms with Gasteiger partial charge in [0.05, 0.1) is 11.9 Å². The quantitative estimate of drug-likeness (QED) is 0.747. The summed E-state index contributed by atoms with van der Waals surface area (Å²) in [5.41, 5.74) is 7.36. The first kappa shape index (κ1) is 8.74. The molecule has 0 spiro atoms. The average Bonchev–Trinajstić information content (AvgIpc) is 2.50. The lowest BCUT2D eigenvalue weighted by Crippen LogP contribution is -1.98. The number of imidazole rings is 1. The maximum atomic E-state index is 12.7. The van der Waals surface area contributed by atoms with Gasteiger partial charge in [0, 0.05) is 12.6 Å². The summed E-state index contributed by atoms with van der Waals surface area (Å²) in [6.45, 7) is 0. The van der Waals surface area contributed by atoms with E-state index in [1.807, 2.05) is 7.05 Å². The Hall–Kier alpha value is -1.84. The highest BCUT2D eigenvalue weighted by molar-refractivity contribution is 5.60. The third-order valence-electron chi connectivity index (χ3n) is 2.16. The molecule has 1 aromatic carbocycles. The van der Waals surface area contributed by atoms with Crippen LogP contribution < -0.4 is 5.73 Å². The van der Waals surface area contributed by atoms with Crippen molar-refractivity contribution < 1.29 is 4.39 Å². The highest BCUT2D eigenvalue weighted by Crippen LogP contribution is 2.20. The molecule has 0 bridgehead atoms. The van der Waals surface area contributed by atoms with Crippen LogP contribution in [0, 0.1) is 5.82 Å². The number of aromatic nitrogens is 2. The van der Waals surface area contributed by atoms with Crippen molar-refractivity contribution in [1.29, 1.82) is 0 Å². The lowest BCUT2D eigenvalue weighted by Gasteiger charge is -2.02. The number of nitrogen functional groups attached to an aromatic ring is 1. The van der Waals surface area contributed by atoms with Gasteiger partial charge < -0.3 is 10.3 Å². The van der Waals surface area contributed by atoms with Crippen LogP contribution >= 0.6 is 0 Å². The number of nitrogens with zero attached hydrogens (tertiary/aromatic N) is 2. The lowest BCUT2D eigenvalue weighted by molar-refractivity contribution is 0.628. The Morgan fingerprint density at radius 3 is 2.43 bits per heavy atom. The van der Waals surface area contributed by atoms with Crippen LogP contribution in [0.5, 0.6) is 0 Å². The second-order valence-electron chi connectivity index (χ2n) is 3.07. The van der Waals surface area contributed by atoms with Crippen LogP contribution in [0.15, 0.2) is 30.5 Å². The van der Waals surface area contributed by atoms with E-state index in [0.717, 1.165) is 11.3 Å². The monoisotopic (exact) mass is 191 g/mol. The lowest BCUT2D eigenvalue weighted by atomic mass is 10.2. The van der Waals surface area contributed by atoms with E-state index in [1.54, 1.807) is 22.9 Å². The van der Waals surface area contributed by atoms with Gasteiger partial charge in [-0.05, 0) is 24.3 Å². The minimum Gasteiger partial charge on any atom is -0.369 e. The van der Waals surface area contributed by atoms with E-state index in [4.69, 9.17) is 5.73 Å². The summed E-state index contributed by atoms with van der Waals surface area (Å²) in [7, 11) is 1.82. The molecule has 0 aliphatic carbocycles. The van der Waals surface area contributed by atoms with Crippen molar-refractivity contribution >= 4 is 5.95 Å². The Labute approximate surface area is 81.0 Å². The molecule has 2 N–H and O–H groups in total. The summed E-state index contributed by atoms with van der Waals surface area (Å²) in [6, 6.07) is 6.23. The Kier molecular flexibility index (Phi) is 1.96. The highest BCUT2D eigenvalue weighted by atomic mass is 19.1. The zero-order valence-electron chi connectivity index (χ0n) is 7.74. The highest BCUT2D eigenvalue weighted by Gasteiger charge is 2.05. The van der Waals surface area contributed by atoms with Crippen LogP contribution in [0.3, 0.4) is 0 Å². The van der Waals surface area contributed by atoms with Gasteiger partial charge in [0.1, 0.15) is 5.82 Å². The van der Waals surface area contributed by atoms with Gasteiger partial charge in [0.2, 0.25) is 0 Å². The van der Waals surface area contributed by atoms with Gasteiger partial charge in [0.25, 0.3) is 0 Å². The van der Waals surface area contributed by atoms with Crippen molar-refractivity contribution in [2.45, 2.75) is 0 Å². The fourth-order valence-corrected chi connectivity index (χ4v) is 1.31. The predicted molar refractivity (Wildman–Crippen MR) is 53.0 cm³/mol. The molecular formula is C10H10FN3. The molecule has 0 saturated carbocycles. The third kappa shape index (κ3) is 1.35. The molecule has 72 valence electrons. The number of nitrogens with two attached hydrogens (primary N) is 1. The summed E-state index contributed by atoms with van der Waals surface area (Å²) in [4.78, 5) is 3.96. The number of benzene rings is 1. The summed E-state index contributed by atoms with van der Waals surface area (Å²) in [5, 5.41) is 0. The van der Waals surface area contributed by atoms with Crippen molar-refractivity contribution in [3.05, 3.63) is 36.3 Å². The summed E-state index contributed by atoms with van der Waals surface area (Å²) in [6.07, 6.45) is 1.67. The molecule has 3 nitrogen and oxygen atoms in total. The first-order valence-electron chi connectivity index (χ1n) is 4.21. The van der Waals surface area contributed by atoms with Gasteiger partial charge in [0.15, 0.2) is 5.95 Å². The number of anilines is 1. The Morgan fingerprint density at radius 2 is 1.93 bits per heavy atom. The molecular weight excluding hydrogens is 181 g/mol. The Balaban J connectivity index is 2.49. The smallest absolute Gasteiger partial charge is 0.200 e. The predicted octanol–water partition coefficient (Wildman–Crippen LogP) is 1.81. The molecule has 0 aliphatic rings. The van der Waals surface area contributed by atoms with E-state index >= 15 is 0 Å². The van der Waals surface area contributed by atoms with Crippen molar-refractivity contribution in [2.75, 3.05) is 5.73 Å². The summed E-state index contributed by atoms with van der Waals surface area (Å²) >= 11 is 0. The fourth-order valence-electron chi connectivity index (χ4n) is 1.31. The van der Waals surface area contributed by atoms with Gasteiger partial charge in [-0.3, -0.25) is 0 Å². The minimum atomic E-state index is -0.246. The first-order valence-corrected chi connectivity index (χ1v) is 4.21. The van der Waals surface area contributed by atoms with Gasteiger partial charge in [-0.25, -0.2) is 9.37 Å². The van der Waals surface area contributed by atoms with Crippen LogP contribution in [0.4, 0.5) is 10.3 Å². The SMILES string of the molecule is Cn1c(-c2ccc(F)cc2)cnc1N. The molecule has 0 atom stereocenters. The van der Waals surface area contributed by atoms with Crippen molar-refractivity contribution in [1.82, 2.24) is 9.55 Å². The zero-order chi connectivity index (χ0) is 10.1. The van der Waals surface area contributed by atoms with Gasteiger partial charge in [-0.2, -0.15) is 0 Å². The van der Waals surface area contributed by atoms with Crippen molar-refractivity contribution in [2.24, 2.45) is 7.05 Å². The van der Waals surface area contributed by atoms with Crippen LogP contribution in [-0.2, 0) is 7.05 Å². The van der Waals surface area contributed by atoms with Crippen molar-refractivity contribution in [3.8, 4) is 11.3 Å². The van der Waals surface area contributed by atoms with E-state index in [0.29, 0.717) is 5.95 Å². The van der Waals surface area contributed by atoms with E-state index in [-0.39, 0.29) is 5.82 Å². The molecule has 0 fully saturated rings. The van der Waals surface area contributed by atoms with E-state index in [2.05, 4.69) is 4.98 Å². The second-order valence-corrected chi connectivity index (χ2v) is 3.07. The molecule has 0 unspecified atom stereocenters. The maximum Gasteiger partial charge on any atom is 0.200 e. The molecule has 1 heterocycles. The normalized spacial score (nSPS) is 10.4. The van der Waals surface area contributed by atoms with E-state index < -0.39 is 0 Å². The average molecular weight is 191 g/mol. The largest absolute Gasteiger partial charge is 0.369 e. The molecule has 0 aliphatic heterocycles. The number of hydrogen-bond acceptors (Lipinski definition) is 2. The molecule has 1 aromatic heterocycles. The standard InChI is InChI=1S/C10H10FN3/c1-14-9(6-13-10(14)12)7-2-4-8(11)5-3-7/h2-6H,1H3,(H2,12,13). The van der Waals surface area contributed by atoms with Crippen molar-refractivity contribution in [3.63, 3.8) is 0 Å².